The van der Waals surface area contributed by atoms with Gasteiger partial charge in [0.05, 0.1) is 36.7 Å². The van der Waals surface area contributed by atoms with Gasteiger partial charge in [-0.15, -0.1) is 0 Å². The van der Waals surface area contributed by atoms with Crippen LogP contribution >= 0.6 is 15.9 Å². The number of alkyl halides is 1. The van der Waals surface area contributed by atoms with E-state index in [-0.39, 0.29) is 25.7 Å². The van der Waals surface area contributed by atoms with Crippen molar-refractivity contribution in [3.8, 4) is 0 Å². The fourth-order valence-electron chi connectivity index (χ4n) is 2.77. The number of hydrogen-bond acceptors (Lipinski definition) is 6. The minimum atomic E-state index is -1.31. The van der Waals surface area contributed by atoms with Crippen LogP contribution in [-0.4, -0.2) is 58.8 Å². The molecule has 21 heavy (non-hydrogen) atoms. The molecule has 2 aliphatic rings. The van der Waals surface area contributed by atoms with Crippen molar-refractivity contribution in [3.05, 3.63) is 11.6 Å². The summed E-state index contributed by atoms with van der Waals surface area (Å²) < 4.78 is 16.7. The summed E-state index contributed by atoms with van der Waals surface area (Å²) in [5.41, 5.74) is -0.748. The van der Waals surface area contributed by atoms with Crippen LogP contribution in [0.25, 0.3) is 0 Å². The van der Waals surface area contributed by atoms with Gasteiger partial charge in [-0.05, 0) is 19.4 Å². The molecule has 0 aromatic rings. The molecular weight excluding hydrogens is 344 g/mol. The first kappa shape index (κ1) is 16.9. The van der Waals surface area contributed by atoms with E-state index < -0.39 is 29.9 Å². The van der Waals surface area contributed by atoms with E-state index in [9.17, 15) is 15.0 Å². The summed E-state index contributed by atoms with van der Waals surface area (Å²) in [6.07, 6.45) is -0.0405. The lowest BCUT2D eigenvalue weighted by Gasteiger charge is -2.48. The van der Waals surface area contributed by atoms with Crippen molar-refractivity contribution in [2.45, 2.75) is 44.4 Å². The third kappa shape index (κ3) is 3.32. The van der Waals surface area contributed by atoms with Crippen molar-refractivity contribution >= 4 is 21.9 Å². The van der Waals surface area contributed by atoms with Gasteiger partial charge in [-0.25, -0.2) is 4.79 Å². The first-order chi connectivity index (χ1) is 9.92. The largest absolute Gasteiger partial charge is 0.461 e. The maximum absolute atomic E-state index is 12.6. The normalized spacial score (nSPS) is 36.1. The fraction of sp³-hybridized carbons (Fsp3) is 0.786. The topological polar surface area (TPSA) is 85.2 Å². The van der Waals surface area contributed by atoms with Crippen molar-refractivity contribution in [1.82, 2.24) is 0 Å². The van der Waals surface area contributed by atoms with Gasteiger partial charge in [-0.1, -0.05) is 22.0 Å². The Hall–Kier alpha value is -0.470. The van der Waals surface area contributed by atoms with Gasteiger partial charge in [-0.3, -0.25) is 0 Å². The third-order valence-corrected chi connectivity index (χ3v) is 4.26. The highest BCUT2D eigenvalue weighted by Crippen LogP contribution is 2.42. The average Bonchev–Trinajstić information content (AvgIpc) is 2.45. The second kappa shape index (κ2) is 6.75. The smallest absolute Gasteiger partial charge is 0.339 e. The molecule has 6 nitrogen and oxygen atoms in total. The SMILES string of the molecule is CC(C)OC(=O)[C@]12CC(CO)=C[C@H](O)[C@H]1CO[C@@H](CBr)O2. The van der Waals surface area contributed by atoms with E-state index >= 15 is 0 Å². The molecule has 1 heterocycles. The van der Waals surface area contributed by atoms with E-state index in [2.05, 4.69) is 15.9 Å². The Balaban J connectivity index is 2.35. The molecule has 4 atom stereocenters. The molecule has 0 saturated carbocycles. The number of rotatable bonds is 4. The predicted octanol–water partition coefficient (Wildman–Crippen LogP) is 0.744. The number of esters is 1. The van der Waals surface area contributed by atoms with E-state index in [1.165, 1.54) is 0 Å². The van der Waals surface area contributed by atoms with Crippen LogP contribution in [0.1, 0.15) is 20.3 Å². The molecule has 1 aliphatic carbocycles. The molecule has 2 rings (SSSR count). The van der Waals surface area contributed by atoms with Crippen LogP contribution < -0.4 is 0 Å². The van der Waals surface area contributed by atoms with Crippen LogP contribution in [0.15, 0.2) is 11.6 Å². The number of carbonyl (C=O) groups excluding carboxylic acids is 1. The summed E-state index contributed by atoms with van der Waals surface area (Å²) in [5, 5.41) is 20.0. The Morgan fingerprint density at radius 2 is 2.33 bits per heavy atom. The zero-order valence-electron chi connectivity index (χ0n) is 12.1. The molecule has 0 spiro atoms. The van der Waals surface area contributed by atoms with Crippen LogP contribution in [-0.2, 0) is 19.0 Å². The molecule has 0 unspecified atom stereocenters. The van der Waals surface area contributed by atoms with Gasteiger partial charge in [0.2, 0.25) is 0 Å². The van der Waals surface area contributed by atoms with E-state index in [0.717, 1.165) is 0 Å². The fourth-order valence-corrected chi connectivity index (χ4v) is 3.09. The highest BCUT2D eigenvalue weighted by molar-refractivity contribution is 9.09. The molecule has 0 aromatic carbocycles. The van der Waals surface area contributed by atoms with Crippen LogP contribution in [0.5, 0.6) is 0 Å². The standard InChI is InChI=1S/C14H21BrO6/c1-8(2)20-13(18)14-4-9(6-16)3-11(17)10(14)7-19-12(5-15)21-14/h3,8,10-12,16-17H,4-7H2,1-2H3/t10-,11+,12-,14+/m1/s1. The van der Waals surface area contributed by atoms with Crippen molar-refractivity contribution in [2.24, 2.45) is 5.92 Å². The molecule has 2 N–H and O–H groups in total. The van der Waals surface area contributed by atoms with Crippen molar-refractivity contribution < 1.29 is 29.2 Å². The number of ether oxygens (including phenoxy) is 3. The summed E-state index contributed by atoms with van der Waals surface area (Å²) >= 11 is 3.27. The number of carbonyl (C=O) groups is 1. The van der Waals surface area contributed by atoms with Gasteiger partial charge in [0.1, 0.15) is 0 Å². The van der Waals surface area contributed by atoms with Gasteiger partial charge >= 0.3 is 5.97 Å². The molecule has 1 aliphatic heterocycles. The molecule has 120 valence electrons. The summed E-state index contributed by atoms with van der Waals surface area (Å²) in [4.78, 5) is 12.6. The summed E-state index contributed by atoms with van der Waals surface area (Å²) in [6.45, 7) is 3.48. The number of fused-ring (bicyclic) bond motifs is 1. The third-order valence-electron chi connectivity index (χ3n) is 3.73. The maximum Gasteiger partial charge on any atom is 0.339 e. The zero-order valence-corrected chi connectivity index (χ0v) is 13.7. The van der Waals surface area contributed by atoms with Crippen LogP contribution in [0.2, 0.25) is 0 Å². The van der Waals surface area contributed by atoms with Gasteiger partial charge < -0.3 is 24.4 Å². The highest BCUT2D eigenvalue weighted by Gasteiger charge is 2.57. The van der Waals surface area contributed by atoms with Crippen LogP contribution in [0.3, 0.4) is 0 Å². The second-order valence-electron chi connectivity index (χ2n) is 5.64. The predicted molar refractivity (Wildman–Crippen MR) is 77.9 cm³/mol. The Bertz CT molecular complexity index is 424. The molecular formula is C14H21BrO6. The van der Waals surface area contributed by atoms with Gasteiger partial charge in [0.25, 0.3) is 0 Å². The molecule has 0 radical (unpaired) electrons. The van der Waals surface area contributed by atoms with E-state index in [1.54, 1.807) is 19.9 Å². The van der Waals surface area contributed by atoms with Gasteiger partial charge in [-0.2, -0.15) is 0 Å². The van der Waals surface area contributed by atoms with Crippen molar-refractivity contribution in [1.29, 1.82) is 0 Å². The maximum atomic E-state index is 12.6. The van der Waals surface area contributed by atoms with E-state index in [1.807, 2.05) is 0 Å². The molecule has 1 fully saturated rings. The zero-order chi connectivity index (χ0) is 15.6. The van der Waals surface area contributed by atoms with Crippen molar-refractivity contribution in [3.63, 3.8) is 0 Å². The Kier molecular flexibility index (Phi) is 5.43. The minimum absolute atomic E-state index is 0.194. The number of hydrogen-bond donors (Lipinski definition) is 2. The van der Waals surface area contributed by atoms with Gasteiger partial charge in [0.15, 0.2) is 11.9 Å². The van der Waals surface area contributed by atoms with Crippen LogP contribution in [0, 0.1) is 5.92 Å². The quantitative estimate of drug-likeness (QED) is 0.434. The van der Waals surface area contributed by atoms with E-state index in [4.69, 9.17) is 14.2 Å². The van der Waals surface area contributed by atoms with Crippen LogP contribution in [0.4, 0.5) is 0 Å². The Labute approximate surface area is 132 Å². The first-order valence-corrected chi connectivity index (χ1v) is 8.10. The monoisotopic (exact) mass is 364 g/mol. The highest BCUT2D eigenvalue weighted by atomic mass is 79.9. The molecule has 0 bridgehead atoms. The van der Waals surface area contributed by atoms with Gasteiger partial charge in [0, 0.05) is 6.42 Å². The first-order valence-electron chi connectivity index (χ1n) is 6.98. The number of aliphatic hydroxyl groups is 2. The summed E-state index contributed by atoms with van der Waals surface area (Å²) in [5.74, 6) is -1.07. The average molecular weight is 365 g/mol. The Morgan fingerprint density at radius 3 is 2.90 bits per heavy atom. The number of halogens is 1. The minimum Gasteiger partial charge on any atom is -0.461 e. The van der Waals surface area contributed by atoms with Crippen molar-refractivity contribution in [2.75, 3.05) is 18.5 Å². The summed E-state index contributed by atoms with van der Waals surface area (Å²) in [7, 11) is 0. The van der Waals surface area contributed by atoms with E-state index in [0.29, 0.717) is 10.9 Å². The summed E-state index contributed by atoms with van der Waals surface area (Å²) in [6, 6.07) is 0. The lowest BCUT2D eigenvalue weighted by molar-refractivity contribution is -0.286. The molecule has 7 heteroatoms. The number of aliphatic hydroxyl groups excluding tert-OH is 2. The lowest BCUT2D eigenvalue weighted by atomic mass is 9.73. The second-order valence-corrected chi connectivity index (χ2v) is 6.28. The molecule has 0 amide bonds. The lowest BCUT2D eigenvalue weighted by Crippen LogP contribution is -2.62. The Morgan fingerprint density at radius 1 is 1.62 bits per heavy atom. The molecule has 0 aromatic heterocycles. The molecule has 1 saturated heterocycles.